The zero-order valence-electron chi connectivity index (χ0n) is 11.1. The van der Waals surface area contributed by atoms with Crippen molar-refractivity contribution in [3.63, 3.8) is 0 Å². The third-order valence-corrected chi connectivity index (χ3v) is 3.12. The van der Waals surface area contributed by atoms with Gasteiger partial charge in [-0.1, -0.05) is 12.1 Å². The Kier molecular flexibility index (Phi) is 5.18. The van der Waals surface area contributed by atoms with Crippen LogP contribution in [0.3, 0.4) is 0 Å². The van der Waals surface area contributed by atoms with Gasteiger partial charge in [-0.05, 0) is 24.5 Å². The third kappa shape index (κ3) is 4.22. The van der Waals surface area contributed by atoms with Crippen molar-refractivity contribution >= 4 is 11.6 Å². The highest BCUT2D eigenvalue weighted by Crippen LogP contribution is 2.22. The van der Waals surface area contributed by atoms with E-state index in [0.29, 0.717) is 23.9 Å². The number of nitrogens with one attached hydrogen (secondary N) is 2. The van der Waals surface area contributed by atoms with Gasteiger partial charge in [-0.15, -0.1) is 0 Å². The smallest absolute Gasteiger partial charge is 0.238 e. The molecule has 2 N–H and O–H groups in total. The number of hydrogen-bond donors (Lipinski definition) is 2. The van der Waals surface area contributed by atoms with Crippen molar-refractivity contribution in [1.82, 2.24) is 5.32 Å². The van der Waals surface area contributed by atoms with Crippen molar-refractivity contribution in [3.05, 3.63) is 24.3 Å². The second kappa shape index (κ2) is 7.11. The quantitative estimate of drug-likeness (QED) is 0.812. The van der Waals surface area contributed by atoms with E-state index in [9.17, 15) is 4.79 Å². The standard InChI is InChI=1S/C14H20N2O3/c1-18-13-5-3-2-4-12(13)16-14(17)9-15-8-11-6-7-19-10-11/h2-5,11,15H,6-10H2,1H3,(H,16,17). The van der Waals surface area contributed by atoms with Gasteiger partial charge in [0.2, 0.25) is 5.91 Å². The highest BCUT2D eigenvalue weighted by molar-refractivity contribution is 5.93. The van der Waals surface area contributed by atoms with E-state index >= 15 is 0 Å². The molecule has 104 valence electrons. The molecule has 5 heteroatoms. The Hall–Kier alpha value is -1.59. The fraction of sp³-hybridized carbons (Fsp3) is 0.500. The molecule has 0 radical (unpaired) electrons. The van der Waals surface area contributed by atoms with Gasteiger partial charge in [0.25, 0.3) is 0 Å². The molecule has 0 aromatic heterocycles. The van der Waals surface area contributed by atoms with Crippen molar-refractivity contribution in [2.75, 3.05) is 38.7 Å². The van der Waals surface area contributed by atoms with Crippen LogP contribution in [0.25, 0.3) is 0 Å². The summed E-state index contributed by atoms with van der Waals surface area (Å²) in [4.78, 5) is 11.8. The van der Waals surface area contributed by atoms with Gasteiger partial charge < -0.3 is 20.1 Å². The maximum atomic E-state index is 11.8. The number of carbonyl (C=O) groups is 1. The Morgan fingerprint density at radius 1 is 1.47 bits per heavy atom. The van der Waals surface area contributed by atoms with Crippen LogP contribution in [0.5, 0.6) is 5.75 Å². The van der Waals surface area contributed by atoms with Gasteiger partial charge in [-0.3, -0.25) is 4.79 Å². The van der Waals surface area contributed by atoms with E-state index in [4.69, 9.17) is 9.47 Å². The topological polar surface area (TPSA) is 59.6 Å². The third-order valence-electron chi connectivity index (χ3n) is 3.12. The fourth-order valence-corrected chi connectivity index (χ4v) is 2.08. The molecule has 1 atom stereocenters. The number of carbonyl (C=O) groups excluding carboxylic acids is 1. The lowest BCUT2D eigenvalue weighted by Crippen LogP contribution is -2.32. The molecule has 1 amide bonds. The summed E-state index contributed by atoms with van der Waals surface area (Å²) in [5, 5.41) is 5.98. The minimum Gasteiger partial charge on any atom is -0.495 e. The molecule has 0 saturated carbocycles. The van der Waals surface area contributed by atoms with E-state index in [0.717, 1.165) is 26.2 Å². The maximum Gasteiger partial charge on any atom is 0.238 e. The lowest BCUT2D eigenvalue weighted by molar-refractivity contribution is -0.115. The maximum absolute atomic E-state index is 11.8. The van der Waals surface area contributed by atoms with Crippen LogP contribution < -0.4 is 15.4 Å². The highest BCUT2D eigenvalue weighted by Gasteiger charge is 2.15. The van der Waals surface area contributed by atoms with Gasteiger partial charge in [0.15, 0.2) is 0 Å². The van der Waals surface area contributed by atoms with Crippen LogP contribution in [-0.2, 0) is 9.53 Å². The fourth-order valence-electron chi connectivity index (χ4n) is 2.08. The van der Waals surface area contributed by atoms with Crippen molar-refractivity contribution in [3.8, 4) is 5.75 Å². The summed E-state index contributed by atoms with van der Waals surface area (Å²) in [5.41, 5.74) is 0.695. The van der Waals surface area contributed by atoms with Gasteiger partial charge >= 0.3 is 0 Å². The van der Waals surface area contributed by atoms with Gasteiger partial charge in [0.1, 0.15) is 5.75 Å². The van der Waals surface area contributed by atoms with Crippen LogP contribution in [0, 0.1) is 5.92 Å². The molecule has 1 aromatic carbocycles. The highest BCUT2D eigenvalue weighted by atomic mass is 16.5. The van der Waals surface area contributed by atoms with Gasteiger partial charge in [-0.2, -0.15) is 0 Å². The monoisotopic (exact) mass is 264 g/mol. The molecule has 1 saturated heterocycles. The SMILES string of the molecule is COc1ccccc1NC(=O)CNCC1CCOC1. The Morgan fingerprint density at radius 3 is 3.05 bits per heavy atom. The van der Waals surface area contributed by atoms with E-state index < -0.39 is 0 Å². The summed E-state index contributed by atoms with van der Waals surface area (Å²) in [6.45, 7) is 2.74. The Labute approximate surface area is 113 Å². The number of anilines is 1. The molecule has 19 heavy (non-hydrogen) atoms. The Bertz CT molecular complexity index is 417. The molecule has 0 bridgehead atoms. The van der Waals surface area contributed by atoms with Crippen LogP contribution in [0.2, 0.25) is 0 Å². The average molecular weight is 264 g/mol. The van der Waals surface area contributed by atoms with Gasteiger partial charge in [0.05, 0.1) is 25.9 Å². The molecule has 1 heterocycles. The second-order valence-electron chi connectivity index (χ2n) is 4.61. The molecule has 2 rings (SSSR count). The van der Waals surface area contributed by atoms with E-state index in [2.05, 4.69) is 10.6 Å². The van der Waals surface area contributed by atoms with Crippen LogP contribution in [0.4, 0.5) is 5.69 Å². The molecule has 1 aromatic rings. The summed E-state index contributed by atoms with van der Waals surface area (Å²) >= 11 is 0. The lowest BCUT2D eigenvalue weighted by Gasteiger charge is -2.11. The number of para-hydroxylation sites is 2. The molecule has 1 aliphatic rings. The molecule has 5 nitrogen and oxygen atoms in total. The van der Waals surface area contributed by atoms with Gasteiger partial charge in [0, 0.05) is 13.2 Å². The summed E-state index contributed by atoms with van der Waals surface area (Å²) in [6.07, 6.45) is 1.07. The van der Waals surface area contributed by atoms with Crippen molar-refractivity contribution in [1.29, 1.82) is 0 Å². The largest absolute Gasteiger partial charge is 0.495 e. The van der Waals surface area contributed by atoms with E-state index in [1.54, 1.807) is 7.11 Å². The normalized spacial score (nSPS) is 18.3. The minimum absolute atomic E-state index is 0.0663. The molecule has 0 aliphatic carbocycles. The molecule has 1 aliphatic heterocycles. The molecule has 1 unspecified atom stereocenters. The predicted molar refractivity (Wildman–Crippen MR) is 73.4 cm³/mol. The van der Waals surface area contributed by atoms with E-state index in [1.165, 1.54) is 0 Å². The van der Waals surface area contributed by atoms with Crippen LogP contribution in [0.15, 0.2) is 24.3 Å². The first-order chi connectivity index (χ1) is 9.29. The summed E-state index contributed by atoms with van der Waals surface area (Å²) in [5.74, 6) is 1.13. The van der Waals surface area contributed by atoms with E-state index in [-0.39, 0.29) is 5.91 Å². The number of rotatable bonds is 6. The van der Waals surface area contributed by atoms with Crippen molar-refractivity contribution in [2.24, 2.45) is 5.92 Å². The number of benzene rings is 1. The van der Waals surface area contributed by atoms with Crippen molar-refractivity contribution < 1.29 is 14.3 Å². The van der Waals surface area contributed by atoms with Crippen LogP contribution in [-0.4, -0.2) is 39.3 Å². The number of methoxy groups -OCH3 is 1. The summed E-state index contributed by atoms with van der Waals surface area (Å²) < 4.78 is 10.5. The minimum atomic E-state index is -0.0663. The van der Waals surface area contributed by atoms with E-state index in [1.807, 2.05) is 24.3 Å². The molecular weight excluding hydrogens is 244 g/mol. The number of hydrogen-bond acceptors (Lipinski definition) is 4. The Morgan fingerprint density at radius 2 is 2.32 bits per heavy atom. The number of ether oxygens (including phenoxy) is 2. The average Bonchev–Trinajstić information content (AvgIpc) is 2.92. The first-order valence-corrected chi connectivity index (χ1v) is 6.51. The second-order valence-corrected chi connectivity index (χ2v) is 4.61. The lowest BCUT2D eigenvalue weighted by atomic mass is 10.1. The van der Waals surface area contributed by atoms with Crippen molar-refractivity contribution in [2.45, 2.75) is 6.42 Å². The summed E-state index contributed by atoms with van der Waals surface area (Å²) in [6, 6.07) is 7.37. The Balaban J connectivity index is 1.74. The van der Waals surface area contributed by atoms with Crippen LogP contribution in [0.1, 0.15) is 6.42 Å². The first-order valence-electron chi connectivity index (χ1n) is 6.51. The number of amides is 1. The molecule has 1 fully saturated rings. The van der Waals surface area contributed by atoms with Crippen LogP contribution >= 0.6 is 0 Å². The summed E-state index contributed by atoms with van der Waals surface area (Å²) in [7, 11) is 1.59. The van der Waals surface area contributed by atoms with Gasteiger partial charge in [-0.25, -0.2) is 0 Å². The molecule has 0 spiro atoms. The first kappa shape index (κ1) is 13.8. The molecular formula is C14H20N2O3. The zero-order chi connectivity index (χ0) is 13.5. The predicted octanol–water partition coefficient (Wildman–Crippen LogP) is 1.26. The zero-order valence-corrected chi connectivity index (χ0v) is 11.1.